The highest BCUT2D eigenvalue weighted by Crippen LogP contribution is 2.18. The minimum absolute atomic E-state index is 0.777. The average molecular weight is 323 g/mol. The van der Waals surface area contributed by atoms with Gasteiger partial charge in [-0.25, -0.2) is 0 Å². The third-order valence-electron chi connectivity index (χ3n) is 4.36. The van der Waals surface area contributed by atoms with Gasteiger partial charge in [0, 0.05) is 35.9 Å². The molecular formula is C17H30N4S. The number of rotatable bonds is 6. The number of thiophene rings is 1. The first-order chi connectivity index (χ1) is 10.7. The molecule has 1 aromatic rings. The van der Waals surface area contributed by atoms with Gasteiger partial charge in [0.25, 0.3) is 0 Å². The van der Waals surface area contributed by atoms with Crippen LogP contribution in [0.3, 0.4) is 0 Å². The summed E-state index contributed by atoms with van der Waals surface area (Å²) in [5, 5.41) is 6.83. The summed E-state index contributed by atoms with van der Waals surface area (Å²) in [6, 6.07) is 5.12. The van der Waals surface area contributed by atoms with Crippen molar-refractivity contribution in [1.29, 1.82) is 0 Å². The Balaban J connectivity index is 1.69. The molecule has 1 aliphatic rings. The number of hydrogen-bond acceptors (Lipinski definition) is 3. The lowest BCUT2D eigenvalue weighted by Gasteiger charge is -2.35. The standard InChI is InChI=1S/C17H30N4S/c1-4-15-7-5-6-11-21(15)12-10-19-17(18-3)20-13-16-9-8-14(2)22-16/h8-9,15H,4-7,10-13H2,1-3H3,(H2,18,19,20). The lowest BCUT2D eigenvalue weighted by molar-refractivity contribution is 0.147. The molecule has 2 heterocycles. The van der Waals surface area contributed by atoms with Gasteiger partial charge in [-0.1, -0.05) is 13.3 Å². The predicted molar refractivity (Wildman–Crippen MR) is 96.8 cm³/mol. The summed E-state index contributed by atoms with van der Waals surface area (Å²) < 4.78 is 0. The van der Waals surface area contributed by atoms with Crippen LogP contribution in [0.5, 0.6) is 0 Å². The maximum Gasteiger partial charge on any atom is 0.191 e. The highest BCUT2D eigenvalue weighted by atomic mass is 32.1. The van der Waals surface area contributed by atoms with Crippen LogP contribution < -0.4 is 10.6 Å². The van der Waals surface area contributed by atoms with E-state index in [9.17, 15) is 0 Å². The van der Waals surface area contributed by atoms with Gasteiger partial charge in [-0.05, 0) is 44.9 Å². The Kier molecular flexibility index (Phi) is 7.19. The monoisotopic (exact) mass is 322 g/mol. The lowest BCUT2D eigenvalue weighted by atomic mass is 10.0. The predicted octanol–water partition coefficient (Wildman–Crippen LogP) is 2.99. The van der Waals surface area contributed by atoms with E-state index in [0.29, 0.717) is 0 Å². The maximum atomic E-state index is 4.31. The molecule has 0 aromatic carbocycles. The van der Waals surface area contributed by atoms with Gasteiger partial charge in [-0.3, -0.25) is 9.89 Å². The van der Waals surface area contributed by atoms with E-state index < -0.39 is 0 Å². The van der Waals surface area contributed by atoms with Gasteiger partial charge < -0.3 is 10.6 Å². The van der Waals surface area contributed by atoms with E-state index in [0.717, 1.165) is 31.6 Å². The molecule has 1 unspecified atom stereocenters. The van der Waals surface area contributed by atoms with Crippen molar-refractivity contribution in [3.8, 4) is 0 Å². The van der Waals surface area contributed by atoms with Crippen LogP contribution in [0.4, 0.5) is 0 Å². The molecular weight excluding hydrogens is 292 g/mol. The molecule has 1 atom stereocenters. The van der Waals surface area contributed by atoms with Crippen LogP contribution in [0.15, 0.2) is 17.1 Å². The second kappa shape index (κ2) is 9.16. The Morgan fingerprint density at radius 3 is 2.91 bits per heavy atom. The highest BCUT2D eigenvalue weighted by Gasteiger charge is 2.19. The zero-order chi connectivity index (χ0) is 15.8. The van der Waals surface area contributed by atoms with Crippen molar-refractivity contribution < 1.29 is 0 Å². The second-order valence-electron chi connectivity index (χ2n) is 5.96. The number of aliphatic imine (C=N–C) groups is 1. The lowest BCUT2D eigenvalue weighted by Crippen LogP contribution is -2.45. The van der Waals surface area contributed by atoms with Crippen LogP contribution in [0.25, 0.3) is 0 Å². The van der Waals surface area contributed by atoms with E-state index in [2.05, 4.69) is 46.5 Å². The molecule has 1 aromatic heterocycles. The summed E-state index contributed by atoms with van der Waals surface area (Å²) in [4.78, 5) is 9.65. The first kappa shape index (κ1) is 17.3. The van der Waals surface area contributed by atoms with Crippen LogP contribution in [-0.4, -0.2) is 43.6 Å². The Labute approximate surface area is 139 Å². The van der Waals surface area contributed by atoms with Gasteiger partial charge in [0.05, 0.1) is 6.54 Å². The normalized spacial score (nSPS) is 20.1. The SMILES string of the molecule is CCC1CCCCN1CCNC(=NC)NCc1ccc(C)s1. The summed E-state index contributed by atoms with van der Waals surface area (Å²) in [6.45, 7) is 8.61. The van der Waals surface area contributed by atoms with Gasteiger partial charge in [0.1, 0.15) is 0 Å². The van der Waals surface area contributed by atoms with E-state index in [4.69, 9.17) is 0 Å². The molecule has 0 amide bonds. The number of piperidine rings is 1. The topological polar surface area (TPSA) is 39.7 Å². The van der Waals surface area contributed by atoms with Crippen molar-refractivity contribution in [2.24, 2.45) is 4.99 Å². The molecule has 2 N–H and O–H groups in total. The van der Waals surface area contributed by atoms with Gasteiger partial charge in [-0.2, -0.15) is 0 Å². The number of guanidine groups is 1. The summed E-state index contributed by atoms with van der Waals surface area (Å²) >= 11 is 1.84. The van der Waals surface area contributed by atoms with Crippen LogP contribution in [0.2, 0.25) is 0 Å². The molecule has 0 aliphatic carbocycles. The van der Waals surface area contributed by atoms with Crippen LogP contribution in [0.1, 0.15) is 42.4 Å². The number of hydrogen-bond donors (Lipinski definition) is 2. The van der Waals surface area contributed by atoms with E-state index >= 15 is 0 Å². The Morgan fingerprint density at radius 2 is 2.23 bits per heavy atom. The van der Waals surface area contributed by atoms with Gasteiger partial charge in [0.2, 0.25) is 0 Å². The molecule has 1 fully saturated rings. The molecule has 5 heteroatoms. The summed E-state index contributed by atoms with van der Waals surface area (Å²) in [6.07, 6.45) is 5.37. The third kappa shape index (κ3) is 5.29. The van der Waals surface area contributed by atoms with Crippen LogP contribution in [0, 0.1) is 6.92 Å². The van der Waals surface area contributed by atoms with E-state index in [1.165, 1.54) is 42.0 Å². The maximum absolute atomic E-state index is 4.31. The smallest absolute Gasteiger partial charge is 0.191 e. The largest absolute Gasteiger partial charge is 0.355 e. The summed E-state index contributed by atoms with van der Waals surface area (Å²) in [5.41, 5.74) is 0. The van der Waals surface area contributed by atoms with E-state index in [1.807, 2.05) is 18.4 Å². The summed E-state index contributed by atoms with van der Waals surface area (Å²) in [7, 11) is 1.84. The average Bonchev–Trinajstić information content (AvgIpc) is 2.96. The molecule has 0 bridgehead atoms. The molecule has 4 nitrogen and oxygen atoms in total. The van der Waals surface area contributed by atoms with Gasteiger partial charge in [-0.15, -0.1) is 11.3 Å². The zero-order valence-electron chi connectivity index (χ0n) is 14.2. The number of nitrogens with one attached hydrogen (secondary N) is 2. The molecule has 0 radical (unpaired) electrons. The minimum Gasteiger partial charge on any atom is -0.355 e. The quantitative estimate of drug-likeness (QED) is 0.625. The van der Waals surface area contributed by atoms with Crippen molar-refractivity contribution in [3.63, 3.8) is 0 Å². The molecule has 0 spiro atoms. The number of nitrogens with zero attached hydrogens (tertiary/aromatic N) is 2. The van der Waals surface area contributed by atoms with Gasteiger partial charge in [0.15, 0.2) is 5.96 Å². The van der Waals surface area contributed by atoms with Crippen molar-refractivity contribution in [2.75, 3.05) is 26.7 Å². The third-order valence-corrected chi connectivity index (χ3v) is 5.36. The number of likely N-dealkylation sites (tertiary alicyclic amines) is 1. The van der Waals surface area contributed by atoms with Crippen molar-refractivity contribution in [1.82, 2.24) is 15.5 Å². The first-order valence-corrected chi connectivity index (χ1v) is 9.28. The Bertz CT molecular complexity index is 469. The van der Waals surface area contributed by atoms with Crippen molar-refractivity contribution in [2.45, 2.75) is 52.1 Å². The molecule has 22 heavy (non-hydrogen) atoms. The fraction of sp³-hybridized carbons (Fsp3) is 0.706. The number of aryl methyl sites for hydroxylation is 1. The molecule has 2 rings (SSSR count). The highest BCUT2D eigenvalue weighted by molar-refractivity contribution is 7.11. The van der Waals surface area contributed by atoms with Crippen LogP contribution in [-0.2, 0) is 6.54 Å². The van der Waals surface area contributed by atoms with Crippen molar-refractivity contribution in [3.05, 3.63) is 21.9 Å². The fourth-order valence-corrected chi connectivity index (χ4v) is 3.94. The second-order valence-corrected chi connectivity index (χ2v) is 7.33. The fourth-order valence-electron chi connectivity index (χ4n) is 3.11. The summed E-state index contributed by atoms with van der Waals surface area (Å²) in [5.74, 6) is 0.899. The zero-order valence-corrected chi connectivity index (χ0v) is 15.0. The first-order valence-electron chi connectivity index (χ1n) is 8.46. The Hall–Kier alpha value is -1.07. The Morgan fingerprint density at radius 1 is 1.36 bits per heavy atom. The molecule has 1 saturated heterocycles. The van der Waals surface area contributed by atoms with Crippen LogP contribution >= 0.6 is 11.3 Å². The molecule has 0 saturated carbocycles. The minimum atomic E-state index is 0.777. The van der Waals surface area contributed by atoms with E-state index in [-0.39, 0.29) is 0 Å². The molecule has 1 aliphatic heterocycles. The van der Waals surface area contributed by atoms with E-state index in [1.54, 1.807) is 0 Å². The van der Waals surface area contributed by atoms with Crippen molar-refractivity contribution >= 4 is 17.3 Å². The van der Waals surface area contributed by atoms with Gasteiger partial charge >= 0.3 is 0 Å². The molecule has 124 valence electrons.